The van der Waals surface area contributed by atoms with Gasteiger partial charge in [-0.2, -0.15) is 0 Å². The third kappa shape index (κ3) is 3.69. The van der Waals surface area contributed by atoms with Gasteiger partial charge in [-0.25, -0.2) is 8.42 Å². The molecule has 1 saturated carbocycles. The maximum Gasteiger partial charge on any atom is 0.254 e. The molecule has 22 heavy (non-hydrogen) atoms. The Hall–Kier alpha value is -1.36. The normalized spacial score (nSPS) is 22.4. The van der Waals surface area contributed by atoms with Crippen LogP contribution in [0.5, 0.6) is 0 Å². The van der Waals surface area contributed by atoms with Gasteiger partial charge in [0.1, 0.15) is 0 Å². The third-order valence-corrected chi connectivity index (χ3v) is 5.83. The van der Waals surface area contributed by atoms with E-state index in [1.807, 2.05) is 14.0 Å². The predicted molar refractivity (Wildman–Crippen MR) is 87.8 cm³/mol. The highest BCUT2D eigenvalue weighted by Crippen LogP contribution is 2.28. The van der Waals surface area contributed by atoms with Crippen molar-refractivity contribution in [1.82, 2.24) is 4.90 Å². The Balaban J connectivity index is 2.25. The van der Waals surface area contributed by atoms with Gasteiger partial charge < -0.3 is 4.90 Å². The van der Waals surface area contributed by atoms with Crippen LogP contribution < -0.4 is 0 Å². The van der Waals surface area contributed by atoms with Gasteiger partial charge in [-0.05, 0) is 56.2 Å². The van der Waals surface area contributed by atoms with Crippen LogP contribution in [0.25, 0.3) is 0 Å². The Morgan fingerprint density at radius 2 is 1.77 bits per heavy atom. The van der Waals surface area contributed by atoms with Crippen molar-refractivity contribution in [2.24, 2.45) is 5.92 Å². The van der Waals surface area contributed by atoms with E-state index in [0.717, 1.165) is 43.4 Å². The standard InChI is InChI=1S/C17H25NO3S/c1-12-5-8-14(9-6-12)18(3)17(19)16-11-15(22(4,20)21)10-7-13(16)2/h7,10-12,14H,5-6,8-9H2,1-4H3. The van der Waals surface area contributed by atoms with Gasteiger partial charge in [-0.3, -0.25) is 4.79 Å². The molecule has 122 valence electrons. The number of aryl methyl sites for hydroxylation is 1. The number of carbonyl (C=O) groups excluding carboxylic acids is 1. The molecular formula is C17H25NO3S. The van der Waals surface area contributed by atoms with Crippen LogP contribution in [0.3, 0.4) is 0 Å². The predicted octanol–water partition coefficient (Wildman–Crippen LogP) is 3.05. The lowest BCUT2D eigenvalue weighted by Gasteiger charge is -2.34. The van der Waals surface area contributed by atoms with Gasteiger partial charge in [0, 0.05) is 24.9 Å². The number of carbonyl (C=O) groups is 1. The Morgan fingerprint density at radius 3 is 2.32 bits per heavy atom. The number of nitrogens with zero attached hydrogens (tertiary/aromatic N) is 1. The molecule has 1 aromatic rings. The molecule has 1 fully saturated rings. The smallest absolute Gasteiger partial charge is 0.254 e. The van der Waals surface area contributed by atoms with Crippen LogP contribution in [0.2, 0.25) is 0 Å². The molecule has 1 aliphatic carbocycles. The Kier molecular flexibility index (Phi) is 4.95. The van der Waals surface area contributed by atoms with E-state index < -0.39 is 9.84 Å². The van der Waals surface area contributed by atoms with Gasteiger partial charge in [-0.15, -0.1) is 0 Å². The topological polar surface area (TPSA) is 54.5 Å². The molecule has 0 N–H and O–H groups in total. The minimum absolute atomic E-state index is 0.0810. The summed E-state index contributed by atoms with van der Waals surface area (Å²) in [5, 5.41) is 0. The van der Waals surface area contributed by atoms with Gasteiger partial charge in [-0.1, -0.05) is 13.0 Å². The Bertz CT molecular complexity index is 658. The van der Waals surface area contributed by atoms with Gasteiger partial charge in [0.2, 0.25) is 0 Å². The van der Waals surface area contributed by atoms with Crippen molar-refractivity contribution in [2.75, 3.05) is 13.3 Å². The number of hydrogen-bond donors (Lipinski definition) is 0. The first-order chi connectivity index (χ1) is 10.2. The van der Waals surface area contributed by atoms with Crippen molar-refractivity contribution in [3.63, 3.8) is 0 Å². The zero-order valence-corrected chi connectivity index (χ0v) is 14.6. The number of rotatable bonds is 3. The molecule has 0 bridgehead atoms. The van der Waals surface area contributed by atoms with E-state index in [-0.39, 0.29) is 16.8 Å². The molecule has 0 heterocycles. The highest BCUT2D eigenvalue weighted by molar-refractivity contribution is 7.90. The molecule has 1 aromatic carbocycles. The first-order valence-corrected chi connectivity index (χ1v) is 9.67. The summed E-state index contributed by atoms with van der Waals surface area (Å²) in [6.07, 6.45) is 5.50. The Morgan fingerprint density at radius 1 is 1.18 bits per heavy atom. The van der Waals surface area contributed by atoms with Crippen LogP contribution in [-0.2, 0) is 9.84 Å². The fraction of sp³-hybridized carbons (Fsp3) is 0.588. The molecule has 0 aliphatic heterocycles. The molecule has 0 spiro atoms. The summed E-state index contributed by atoms with van der Waals surface area (Å²) in [4.78, 5) is 14.7. The van der Waals surface area contributed by atoms with E-state index >= 15 is 0 Å². The minimum atomic E-state index is -3.30. The lowest BCUT2D eigenvalue weighted by atomic mass is 9.86. The van der Waals surface area contributed by atoms with Crippen molar-refractivity contribution in [1.29, 1.82) is 0 Å². The zero-order valence-electron chi connectivity index (χ0n) is 13.8. The maximum absolute atomic E-state index is 12.8. The second-order valence-corrected chi connectivity index (χ2v) is 8.59. The lowest BCUT2D eigenvalue weighted by molar-refractivity contribution is 0.0678. The first kappa shape index (κ1) is 17.0. The summed E-state index contributed by atoms with van der Waals surface area (Å²) < 4.78 is 23.4. The summed E-state index contributed by atoms with van der Waals surface area (Å²) >= 11 is 0. The van der Waals surface area contributed by atoms with Crippen molar-refractivity contribution >= 4 is 15.7 Å². The van der Waals surface area contributed by atoms with Crippen LogP contribution >= 0.6 is 0 Å². The summed E-state index contributed by atoms with van der Waals surface area (Å²) in [7, 11) is -1.48. The van der Waals surface area contributed by atoms with Gasteiger partial charge in [0.15, 0.2) is 9.84 Å². The molecule has 1 aliphatic rings. The van der Waals surface area contributed by atoms with Crippen LogP contribution in [0, 0.1) is 12.8 Å². The van der Waals surface area contributed by atoms with Crippen LogP contribution in [0.4, 0.5) is 0 Å². The lowest BCUT2D eigenvalue weighted by Crippen LogP contribution is -2.39. The number of benzene rings is 1. The van der Waals surface area contributed by atoms with E-state index in [0.29, 0.717) is 5.56 Å². The highest BCUT2D eigenvalue weighted by atomic mass is 32.2. The van der Waals surface area contributed by atoms with Crippen LogP contribution in [0.1, 0.15) is 48.5 Å². The molecular weight excluding hydrogens is 298 g/mol. The van der Waals surface area contributed by atoms with Gasteiger partial charge >= 0.3 is 0 Å². The molecule has 0 radical (unpaired) electrons. The first-order valence-electron chi connectivity index (χ1n) is 7.78. The monoisotopic (exact) mass is 323 g/mol. The van der Waals surface area contributed by atoms with E-state index in [4.69, 9.17) is 0 Å². The van der Waals surface area contributed by atoms with Crippen molar-refractivity contribution in [2.45, 2.75) is 50.5 Å². The quantitative estimate of drug-likeness (QED) is 0.859. The van der Waals surface area contributed by atoms with Gasteiger partial charge in [0.25, 0.3) is 5.91 Å². The highest BCUT2D eigenvalue weighted by Gasteiger charge is 2.26. The van der Waals surface area contributed by atoms with E-state index in [1.54, 1.807) is 17.0 Å². The van der Waals surface area contributed by atoms with Crippen molar-refractivity contribution in [3.8, 4) is 0 Å². The molecule has 0 unspecified atom stereocenters. The minimum Gasteiger partial charge on any atom is -0.339 e. The molecule has 0 aromatic heterocycles. The van der Waals surface area contributed by atoms with Gasteiger partial charge in [0.05, 0.1) is 4.90 Å². The number of hydrogen-bond acceptors (Lipinski definition) is 3. The fourth-order valence-corrected chi connectivity index (χ4v) is 3.69. The van der Waals surface area contributed by atoms with E-state index in [1.165, 1.54) is 6.07 Å². The maximum atomic E-state index is 12.8. The fourth-order valence-electron chi connectivity index (χ4n) is 3.05. The Labute approximate surface area is 133 Å². The SMILES string of the molecule is Cc1ccc(S(C)(=O)=O)cc1C(=O)N(C)C1CCC(C)CC1. The second-order valence-electron chi connectivity index (χ2n) is 6.58. The van der Waals surface area contributed by atoms with Crippen LogP contribution in [0.15, 0.2) is 23.1 Å². The largest absolute Gasteiger partial charge is 0.339 e. The third-order valence-electron chi connectivity index (χ3n) is 4.72. The van der Waals surface area contributed by atoms with Crippen molar-refractivity contribution in [3.05, 3.63) is 29.3 Å². The number of amides is 1. The molecule has 5 heteroatoms. The number of sulfone groups is 1. The molecule has 1 amide bonds. The molecule has 4 nitrogen and oxygen atoms in total. The summed E-state index contributed by atoms with van der Waals surface area (Å²) in [6, 6.07) is 5.03. The van der Waals surface area contributed by atoms with Crippen molar-refractivity contribution < 1.29 is 13.2 Å². The second kappa shape index (κ2) is 6.41. The van der Waals surface area contributed by atoms with E-state index in [9.17, 15) is 13.2 Å². The summed E-state index contributed by atoms with van der Waals surface area (Å²) in [6.45, 7) is 4.09. The summed E-state index contributed by atoms with van der Waals surface area (Å²) in [5.41, 5.74) is 1.30. The summed E-state index contributed by atoms with van der Waals surface area (Å²) in [5.74, 6) is 0.651. The molecule has 0 atom stereocenters. The molecule has 0 saturated heterocycles. The zero-order chi connectivity index (χ0) is 16.5. The van der Waals surface area contributed by atoms with Crippen LogP contribution in [-0.4, -0.2) is 38.6 Å². The average Bonchev–Trinajstić information content (AvgIpc) is 2.46. The molecule has 2 rings (SSSR count). The van der Waals surface area contributed by atoms with E-state index in [2.05, 4.69) is 6.92 Å². The average molecular weight is 323 g/mol.